The van der Waals surface area contributed by atoms with Gasteiger partial charge in [0.1, 0.15) is 0 Å². The quantitative estimate of drug-likeness (QED) is 0.772. The monoisotopic (exact) mass is 236 g/mol. The van der Waals surface area contributed by atoms with Crippen LogP contribution in [0.2, 0.25) is 0 Å². The predicted octanol–water partition coefficient (Wildman–Crippen LogP) is 2.46. The molecule has 0 atom stereocenters. The van der Waals surface area contributed by atoms with E-state index in [1.54, 1.807) is 0 Å². The van der Waals surface area contributed by atoms with Crippen LogP contribution in [-0.4, -0.2) is 25.8 Å². The number of amides is 2. The number of hydrogen-bond acceptors (Lipinski definition) is 2. The fourth-order valence-electron chi connectivity index (χ4n) is 1.42. The van der Waals surface area contributed by atoms with Crippen molar-refractivity contribution in [1.82, 2.24) is 5.32 Å². The highest BCUT2D eigenvalue weighted by Crippen LogP contribution is 2.15. The van der Waals surface area contributed by atoms with Gasteiger partial charge in [-0.15, -0.1) is 0 Å². The number of hydrogen-bond donors (Lipinski definition) is 2. The van der Waals surface area contributed by atoms with Crippen molar-refractivity contribution in [2.45, 2.75) is 20.8 Å². The van der Waals surface area contributed by atoms with Crippen LogP contribution in [0.25, 0.3) is 0 Å². The minimum absolute atomic E-state index is 0.196. The first-order valence-corrected chi connectivity index (χ1v) is 5.83. The van der Waals surface area contributed by atoms with Gasteiger partial charge < -0.3 is 15.4 Å². The number of aryl methyl sites for hydroxylation is 2. The van der Waals surface area contributed by atoms with Gasteiger partial charge in [-0.25, -0.2) is 4.79 Å². The van der Waals surface area contributed by atoms with E-state index in [2.05, 4.69) is 10.6 Å². The van der Waals surface area contributed by atoms with E-state index in [0.717, 1.165) is 16.8 Å². The van der Waals surface area contributed by atoms with Gasteiger partial charge in [0.15, 0.2) is 0 Å². The molecule has 0 heterocycles. The summed E-state index contributed by atoms with van der Waals surface area (Å²) in [4.78, 5) is 11.6. The summed E-state index contributed by atoms with van der Waals surface area (Å²) in [6.45, 7) is 7.62. The van der Waals surface area contributed by atoms with Crippen LogP contribution in [0.4, 0.5) is 10.5 Å². The first-order valence-electron chi connectivity index (χ1n) is 5.83. The lowest BCUT2D eigenvalue weighted by molar-refractivity contribution is 0.150. The maximum absolute atomic E-state index is 11.6. The van der Waals surface area contributed by atoms with Gasteiger partial charge >= 0.3 is 6.03 Å². The van der Waals surface area contributed by atoms with E-state index >= 15 is 0 Å². The van der Waals surface area contributed by atoms with E-state index in [1.165, 1.54) is 0 Å². The van der Waals surface area contributed by atoms with Crippen molar-refractivity contribution in [3.63, 3.8) is 0 Å². The summed E-state index contributed by atoms with van der Waals surface area (Å²) in [6, 6.07) is 5.77. The lowest BCUT2D eigenvalue weighted by Gasteiger charge is -2.10. The standard InChI is InChI=1S/C13H20N2O2/c1-4-17-8-7-14-13(16)15-12-9-10(2)5-6-11(12)3/h5-6,9H,4,7-8H2,1-3H3,(H2,14,15,16). The van der Waals surface area contributed by atoms with E-state index in [1.807, 2.05) is 39.0 Å². The summed E-state index contributed by atoms with van der Waals surface area (Å²) >= 11 is 0. The number of urea groups is 1. The summed E-state index contributed by atoms with van der Waals surface area (Å²) in [7, 11) is 0. The third-order valence-corrected chi connectivity index (χ3v) is 2.38. The maximum atomic E-state index is 11.6. The average Bonchev–Trinajstić information content (AvgIpc) is 2.29. The zero-order chi connectivity index (χ0) is 12.7. The average molecular weight is 236 g/mol. The lowest BCUT2D eigenvalue weighted by atomic mass is 10.1. The SMILES string of the molecule is CCOCCNC(=O)Nc1cc(C)ccc1C. The number of benzene rings is 1. The van der Waals surface area contributed by atoms with Crippen molar-refractivity contribution >= 4 is 11.7 Å². The van der Waals surface area contributed by atoms with Crippen molar-refractivity contribution in [2.24, 2.45) is 0 Å². The first-order chi connectivity index (χ1) is 8.13. The van der Waals surface area contributed by atoms with Gasteiger partial charge in [-0.05, 0) is 38.0 Å². The van der Waals surface area contributed by atoms with Crippen LogP contribution in [0.3, 0.4) is 0 Å². The number of rotatable bonds is 5. The first kappa shape index (κ1) is 13.5. The molecule has 0 fully saturated rings. The van der Waals surface area contributed by atoms with Gasteiger partial charge in [-0.2, -0.15) is 0 Å². The summed E-state index contributed by atoms with van der Waals surface area (Å²) < 4.78 is 5.13. The Kier molecular flexibility index (Phi) is 5.49. The summed E-state index contributed by atoms with van der Waals surface area (Å²) in [5, 5.41) is 5.56. The lowest BCUT2D eigenvalue weighted by Crippen LogP contribution is -2.31. The molecule has 4 heteroatoms. The molecule has 0 aliphatic carbocycles. The molecule has 0 aliphatic rings. The number of anilines is 1. The van der Waals surface area contributed by atoms with Gasteiger partial charge in [0.05, 0.1) is 6.61 Å². The Morgan fingerprint density at radius 2 is 2.12 bits per heavy atom. The Labute approximate surface area is 102 Å². The van der Waals surface area contributed by atoms with E-state index in [9.17, 15) is 4.79 Å². The highest BCUT2D eigenvalue weighted by molar-refractivity contribution is 5.90. The molecular formula is C13H20N2O2. The van der Waals surface area contributed by atoms with Crippen LogP contribution in [0.5, 0.6) is 0 Å². The van der Waals surface area contributed by atoms with Crippen molar-refractivity contribution in [1.29, 1.82) is 0 Å². The minimum atomic E-state index is -0.196. The topological polar surface area (TPSA) is 50.4 Å². The Balaban J connectivity index is 2.42. The zero-order valence-electron chi connectivity index (χ0n) is 10.7. The molecule has 0 spiro atoms. The van der Waals surface area contributed by atoms with Crippen molar-refractivity contribution in [3.05, 3.63) is 29.3 Å². The molecule has 17 heavy (non-hydrogen) atoms. The van der Waals surface area contributed by atoms with Crippen LogP contribution in [-0.2, 0) is 4.74 Å². The predicted molar refractivity (Wildman–Crippen MR) is 69.4 cm³/mol. The molecule has 0 radical (unpaired) electrons. The minimum Gasteiger partial charge on any atom is -0.380 e. The second kappa shape index (κ2) is 6.91. The molecule has 94 valence electrons. The normalized spacial score (nSPS) is 10.1. The summed E-state index contributed by atoms with van der Waals surface area (Å²) in [5.41, 5.74) is 3.02. The van der Waals surface area contributed by atoms with E-state index in [0.29, 0.717) is 19.8 Å². The Bertz CT molecular complexity index is 378. The summed E-state index contributed by atoms with van der Waals surface area (Å²) in [5.74, 6) is 0. The van der Waals surface area contributed by atoms with Crippen LogP contribution in [0, 0.1) is 13.8 Å². The molecule has 2 N–H and O–H groups in total. The zero-order valence-corrected chi connectivity index (χ0v) is 10.7. The molecule has 0 unspecified atom stereocenters. The highest BCUT2D eigenvalue weighted by atomic mass is 16.5. The number of ether oxygens (including phenoxy) is 1. The van der Waals surface area contributed by atoms with Gasteiger partial charge in [-0.3, -0.25) is 0 Å². The molecule has 2 amide bonds. The molecule has 0 bridgehead atoms. The number of carbonyl (C=O) groups excluding carboxylic acids is 1. The largest absolute Gasteiger partial charge is 0.380 e. The second-order valence-corrected chi connectivity index (χ2v) is 3.90. The van der Waals surface area contributed by atoms with E-state index in [-0.39, 0.29) is 6.03 Å². The Morgan fingerprint density at radius 1 is 1.35 bits per heavy atom. The molecule has 4 nitrogen and oxygen atoms in total. The van der Waals surface area contributed by atoms with Gasteiger partial charge in [0.25, 0.3) is 0 Å². The molecule has 1 rings (SSSR count). The van der Waals surface area contributed by atoms with Crippen LogP contribution in [0.1, 0.15) is 18.1 Å². The van der Waals surface area contributed by atoms with Gasteiger partial charge in [-0.1, -0.05) is 12.1 Å². The molecule has 0 saturated carbocycles. The molecule has 1 aromatic carbocycles. The number of nitrogens with one attached hydrogen (secondary N) is 2. The molecule has 1 aromatic rings. The number of carbonyl (C=O) groups is 1. The fourth-order valence-corrected chi connectivity index (χ4v) is 1.42. The van der Waals surface area contributed by atoms with Gasteiger partial charge in [0.2, 0.25) is 0 Å². The smallest absolute Gasteiger partial charge is 0.319 e. The molecule has 0 saturated heterocycles. The van der Waals surface area contributed by atoms with Crippen LogP contribution in [0.15, 0.2) is 18.2 Å². The van der Waals surface area contributed by atoms with Crippen LogP contribution >= 0.6 is 0 Å². The second-order valence-electron chi connectivity index (χ2n) is 3.90. The molecular weight excluding hydrogens is 216 g/mol. The Hall–Kier alpha value is -1.55. The Morgan fingerprint density at radius 3 is 2.82 bits per heavy atom. The summed E-state index contributed by atoms with van der Waals surface area (Å²) in [6.07, 6.45) is 0. The van der Waals surface area contributed by atoms with Crippen molar-refractivity contribution in [3.8, 4) is 0 Å². The van der Waals surface area contributed by atoms with E-state index < -0.39 is 0 Å². The van der Waals surface area contributed by atoms with Crippen molar-refractivity contribution in [2.75, 3.05) is 25.1 Å². The molecule has 0 aliphatic heterocycles. The fraction of sp³-hybridized carbons (Fsp3) is 0.462. The van der Waals surface area contributed by atoms with E-state index in [4.69, 9.17) is 4.74 Å². The third kappa shape index (κ3) is 4.87. The highest BCUT2D eigenvalue weighted by Gasteiger charge is 2.03. The third-order valence-electron chi connectivity index (χ3n) is 2.38. The van der Waals surface area contributed by atoms with Crippen LogP contribution < -0.4 is 10.6 Å². The van der Waals surface area contributed by atoms with Gasteiger partial charge in [0, 0.05) is 18.8 Å². The maximum Gasteiger partial charge on any atom is 0.319 e. The molecule has 0 aromatic heterocycles. The van der Waals surface area contributed by atoms with Crippen molar-refractivity contribution < 1.29 is 9.53 Å².